The molecule has 0 radical (unpaired) electrons. The average molecular weight is 157 g/mol. The standard InChI is InChI=1S/C8H15NO2/c1-5(10)9-6-4-7(11)8(6,2)3/h6-7,11H,4H2,1-3H3,(H,9,10). The lowest BCUT2D eigenvalue weighted by Gasteiger charge is -2.49. The third-order valence-corrected chi connectivity index (χ3v) is 2.59. The Morgan fingerprint density at radius 1 is 1.64 bits per heavy atom. The summed E-state index contributed by atoms with van der Waals surface area (Å²) in [4.78, 5) is 10.6. The molecule has 1 aliphatic carbocycles. The Morgan fingerprint density at radius 3 is 2.45 bits per heavy atom. The molecule has 1 aliphatic rings. The maximum absolute atomic E-state index is 10.6. The van der Waals surface area contributed by atoms with E-state index in [9.17, 15) is 9.90 Å². The van der Waals surface area contributed by atoms with E-state index < -0.39 is 0 Å². The number of carbonyl (C=O) groups is 1. The van der Waals surface area contributed by atoms with E-state index in [1.807, 2.05) is 13.8 Å². The van der Waals surface area contributed by atoms with Gasteiger partial charge < -0.3 is 10.4 Å². The zero-order valence-electron chi connectivity index (χ0n) is 7.22. The molecule has 0 aromatic heterocycles. The first-order valence-electron chi connectivity index (χ1n) is 3.89. The highest BCUT2D eigenvalue weighted by molar-refractivity contribution is 5.73. The zero-order chi connectivity index (χ0) is 8.65. The summed E-state index contributed by atoms with van der Waals surface area (Å²) < 4.78 is 0. The van der Waals surface area contributed by atoms with Crippen molar-refractivity contribution in [3.05, 3.63) is 0 Å². The summed E-state index contributed by atoms with van der Waals surface area (Å²) in [6.07, 6.45) is 0.423. The summed E-state index contributed by atoms with van der Waals surface area (Å²) in [7, 11) is 0. The topological polar surface area (TPSA) is 49.3 Å². The van der Waals surface area contributed by atoms with Gasteiger partial charge in [0.1, 0.15) is 0 Å². The molecule has 2 N–H and O–H groups in total. The van der Waals surface area contributed by atoms with E-state index in [1.165, 1.54) is 6.92 Å². The molecule has 1 fully saturated rings. The van der Waals surface area contributed by atoms with Gasteiger partial charge >= 0.3 is 0 Å². The maximum Gasteiger partial charge on any atom is 0.217 e. The number of aliphatic hydroxyl groups excluding tert-OH is 1. The number of nitrogens with one attached hydrogen (secondary N) is 1. The fraction of sp³-hybridized carbons (Fsp3) is 0.875. The quantitative estimate of drug-likeness (QED) is 0.574. The second-order valence-electron chi connectivity index (χ2n) is 3.83. The van der Waals surface area contributed by atoms with Crippen LogP contribution in [0.3, 0.4) is 0 Å². The predicted molar refractivity (Wildman–Crippen MR) is 42.0 cm³/mol. The van der Waals surface area contributed by atoms with E-state index in [0.29, 0.717) is 6.42 Å². The summed E-state index contributed by atoms with van der Waals surface area (Å²) in [6, 6.07) is 0.148. The first kappa shape index (κ1) is 8.53. The number of carbonyl (C=O) groups excluding carboxylic acids is 1. The Balaban J connectivity index is 2.46. The summed E-state index contributed by atoms with van der Waals surface area (Å²) >= 11 is 0. The van der Waals surface area contributed by atoms with Gasteiger partial charge in [0.25, 0.3) is 0 Å². The number of hydrogen-bond donors (Lipinski definition) is 2. The Morgan fingerprint density at radius 2 is 2.18 bits per heavy atom. The number of aliphatic hydroxyl groups is 1. The molecule has 3 heteroatoms. The van der Waals surface area contributed by atoms with Gasteiger partial charge in [-0.05, 0) is 6.42 Å². The number of hydrogen-bond acceptors (Lipinski definition) is 2. The fourth-order valence-electron chi connectivity index (χ4n) is 1.39. The summed E-state index contributed by atoms with van der Waals surface area (Å²) in [5.74, 6) is -0.0185. The molecule has 2 unspecified atom stereocenters. The molecule has 0 spiro atoms. The van der Waals surface area contributed by atoms with E-state index >= 15 is 0 Å². The Labute approximate surface area is 66.8 Å². The maximum atomic E-state index is 10.6. The lowest BCUT2D eigenvalue weighted by molar-refractivity contribution is -0.127. The molecule has 0 aromatic rings. The molecule has 0 aliphatic heterocycles. The fourth-order valence-corrected chi connectivity index (χ4v) is 1.39. The van der Waals surface area contributed by atoms with Gasteiger partial charge in [0.2, 0.25) is 5.91 Å². The molecular weight excluding hydrogens is 142 g/mol. The molecular formula is C8H15NO2. The van der Waals surface area contributed by atoms with Crippen LogP contribution in [0.5, 0.6) is 0 Å². The van der Waals surface area contributed by atoms with Gasteiger partial charge in [-0.1, -0.05) is 13.8 Å². The van der Waals surface area contributed by atoms with Gasteiger partial charge in [-0.15, -0.1) is 0 Å². The van der Waals surface area contributed by atoms with Crippen molar-refractivity contribution in [3.63, 3.8) is 0 Å². The first-order valence-corrected chi connectivity index (χ1v) is 3.89. The van der Waals surface area contributed by atoms with Crippen LogP contribution < -0.4 is 5.32 Å². The van der Waals surface area contributed by atoms with Crippen LogP contribution in [-0.2, 0) is 4.79 Å². The van der Waals surface area contributed by atoms with E-state index in [-0.39, 0.29) is 23.5 Å². The third kappa shape index (κ3) is 1.38. The van der Waals surface area contributed by atoms with Gasteiger partial charge in [-0.25, -0.2) is 0 Å². The van der Waals surface area contributed by atoms with Gasteiger partial charge in [-0.3, -0.25) is 4.79 Å². The molecule has 3 nitrogen and oxygen atoms in total. The van der Waals surface area contributed by atoms with Gasteiger partial charge in [0, 0.05) is 18.4 Å². The largest absolute Gasteiger partial charge is 0.392 e. The second kappa shape index (κ2) is 2.48. The molecule has 64 valence electrons. The van der Waals surface area contributed by atoms with Crippen LogP contribution in [0, 0.1) is 5.41 Å². The van der Waals surface area contributed by atoms with Gasteiger partial charge in [0.15, 0.2) is 0 Å². The normalized spacial score (nSPS) is 34.2. The molecule has 2 atom stereocenters. The van der Waals surface area contributed by atoms with E-state index in [4.69, 9.17) is 0 Å². The van der Waals surface area contributed by atoms with E-state index in [2.05, 4.69) is 5.32 Å². The minimum Gasteiger partial charge on any atom is -0.392 e. The van der Waals surface area contributed by atoms with Crippen molar-refractivity contribution in [2.45, 2.75) is 39.3 Å². The summed E-state index contributed by atoms with van der Waals surface area (Å²) in [5, 5.41) is 12.1. The molecule has 11 heavy (non-hydrogen) atoms. The van der Waals surface area contributed by atoms with Crippen LogP contribution in [0.15, 0.2) is 0 Å². The van der Waals surface area contributed by atoms with E-state index in [1.54, 1.807) is 0 Å². The van der Waals surface area contributed by atoms with Crippen molar-refractivity contribution in [1.82, 2.24) is 5.32 Å². The van der Waals surface area contributed by atoms with Crippen LogP contribution >= 0.6 is 0 Å². The monoisotopic (exact) mass is 157 g/mol. The smallest absolute Gasteiger partial charge is 0.217 e. The van der Waals surface area contributed by atoms with Crippen LogP contribution in [0.1, 0.15) is 27.2 Å². The molecule has 0 aromatic carbocycles. The third-order valence-electron chi connectivity index (χ3n) is 2.59. The highest BCUT2D eigenvalue weighted by Crippen LogP contribution is 2.40. The summed E-state index contributed by atoms with van der Waals surface area (Å²) in [5.41, 5.74) is -0.147. The van der Waals surface area contributed by atoms with Crippen LogP contribution in [-0.4, -0.2) is 23.2 Å². The van der Waals surface area contributed by atoms with Crippen molar-refractivity contribution in [3.8, 4) is 0 Å². The number of amides is 1. The Hall–Kier alpha value is -0.570. The molecule has 0 bridgehead atoms. The highest BCUT2D eigenvalue weighted by atomic mass is 16.3. The average Bonchev–Trinajstić information content (AvgIpc) is 1.87. The molecule has 0 heterocycles. The number of rotatable bonds is 1. The first-order chi connectivity index (χ1) is 4.94. The van der Waals surface area contributed by atoms with Gasteiger partial charge in [-0.2, -0.15) is 0 Å². The van der Waals surface area contributed by atoms with Crippen molar-refractivity contribution in [2.24, 2.45) is 5.41 Å². The van der Waals surface area contributed by atoms with Crippen LogP contribution in [0.2, 0.25) is 0 Å². The lowest BCUT2D eigenvalue weighted by Crippen LogP contribution is -2.60. The Bertz CT molecular complexity index is 177. The van der Waals surface area contributed by atoms with Crippen molar-refractivity contribution in [2.75, 3.05) is 0 Å². The van der Waals surface area contributed by atoms with Crippen molar-refractivity contribution >= 4 is 5.91 Å². The Kier molecular flexibility index (Phi) is 1.92. The molecule has 1 amide bonds. The van der Waals surface area contributed by atoms with Crippen molar-refractivity contribution < 1.29 is 9.90 Å². The second-order valence-corrected chi connectivity index (χ2v) is 3.83. The van der Waals surface area contributed by atoms with Crippen molar-refractivity contribution in [1.29, 1.82) is 0 Å². The molecule has 0 saturated heterocycles. The van der Waals surface area contributed by atoms with Gasteiger partial charge in [0.05, 0.1) is 6.10 Å². The summed E-state index contributed by atoms with van der Waals surface area (Å²) in [6.45, 7) is 5.42. The minimum absolute atomic E-state index is 0.0185. The zero-order valence-corrected chi connectivity index (χ0v) is 7.22. The van der Waals surface area contributed by atoms with Crippen LogP contribution in [0.4, 0.5) is 0 Å². The predicted octanol–water partition coefficient (Wildman–Crippen LogP) is 0.282. The van der Waals surface area contributed by atoms with E-state index in [0.717, 1.165) is 0 Å². The minimum atomic E-state index is -0.264. The molecule has 1 saturated carbocycles. The lowest BCUT2D eigenvalue weighted by atomic mass is 9.64. The SMILES string of the molecule is CC(=O)NC1CC(O)C1(C)C. The van der Waals surface area contributed by atoms with Crippen LogP contribution in [0.25, 0.3) is 0 Å². The highest BCUT2D eigenvalue weighted by Gasteiger charge is 2.47. The molecule has 1 rings (SSSR count).